The normalized spacial score (nSPS) is 21.5. The van der Waals surface area contributed by atoms with E-state index in [1.807, 2.05) is 18.2 Å². The second kappa shape index (κ2) is 14.8. The van der Waals surface area contributed by atoms with Crippen molar-refractivity contribution in [2.75, 3.05) is 13.7 Å². The fourth-order valence-corrected chi connectivity index (χ4v) is 4.10. The fourth-order valence-electron chi connectivity index (χ4n) is 4.01. The van der Waals surface area contributed by atoms with E-state index in [0.29, 0.717) is 0 Å². The van der Waals surface area contributed by atoms with Crippen LogP contribution in [0.5, 0.6) is 11.5 Å². The quantitative estimate of drug-likeness (QED) is 0.242. The van der Waals surface area contributed by atoms with Crippen LogP contribution in [-0.4, -0.2) is 71.6 Å². The lowest BCUT2D eigenvalue weighted by Gasteiger charge is -2.29. The maximum absolute atomic E-state index is 13.4. The maximum Gasteiger partial charge on any atom is 0.332 e. The monoisotopic (exact) mass is 648 g/mol. The van der Waals surface area contributed by atoms with Crippen molar-refractivity contribution in [2.24, 2.45) is 11.8 Å². The topological polar surface area (TPSA) is 156 Å². The summed E-state index contributed by atoms with van der Waals surface area (Å²) in [5, 5.41) is 2.43. The second-order valence-corrected chi connectivity index (χ2v) is 11.3. The number of carbonyl (C=O) groups is 5. The zero-order chi connectivity index (χ0) is 31.0. The van der Waals surface area contributed by atoms with E-state index in [9.17, 15) is 24.0 Å². The van der Waals surface area contributed by atoms with Gasteiger partial charge in [0.15, 0.2) is 23.6 Å². The van der Waals surface area contributed by atoms with Gasteiger partial charge < -0.3 is 29.0 Å². The molecule has 1 N–H and O–H groups in total. The fraction of sp³-hybridized carbons (Fsp3) is 0.448. The Labute approximate surface area is 251 Å². The molecule has 2 heterocycles. The van der Waals surface area contributed by atoms with E-state index in [1.165, 1.54) is 33.2 Å². The molecule has 1 amide bonds. The van der Waals surface area contributed by atoms with Crippen LogP contribution in [0.2, 0.25) is 0 Å². The molecule has 1 aromatic heterocycles. The summed E-state index contributed by atoms with van der Waals surface area (Å²) in [5.74, 6) is -5.64. The molecule has 226 valence electrons. The molecule has 13 heteroatoms. The van der Waals surface area contributed by atoms with Gasteiger partial charge in [0, 0.05) is 12.3 Å². The SMILES string of the molecule is COc1ccnc(C(=O)NC2COC(=O)[C@H](Cc3ccccc3)C(OC(=O)C(C)C)[C@H](C)OC2=O)c1OC(=O)C(C)Br. The predicted molar refractivity (Wildman–Crippen MR) is 151 cm³/mol. The van der Waals surface area contributed by atoms with Gasteiger partial charge in [0.25, 0.3) is 5.91 Å². The molecular weight excluding hydrogens is 616 g/mol. The van der Waals surface area contributed by atoms with Crippen molar-refractivity contribution in [3.05, 3.63) is 53.9 Å². The molecule has 1 saturated heterocycles. The third kappa shape index (κ3) is 8.28. The zero-order valence-corrected chi connectivity index (χ0v) is 25.4. The number of ether oxygens (including phenoxy) is 5. The molecule has 0 radical (unpaired) electrons. The summed E-state index contributed by atoms with van der Waals surface area (Å²) in [6.07, 6.45) is -0.842. The third-order valence-electron chi connectivity index (χ3n) is 6.30. The number of amides is 1. The second-order valence-electron chi connectivity index (χ2n) is 9.88. The molecule has 1 aliphatic rings. The Morgan fingerprint density at radius 1 is 1.07 bits per heavy atom. The summed E-state index contributed by atoms with van der Waals surface area (Å²) >= 11 is 3.10. The van der Waals surface area contributed by atoms with Crippen LogP contribution < -0.4 is 14.8 Å². The standard InChI is InChI=1S/C29H33BrN2O10/c1-15(2)26(34)41-23-17(4)40-29(37)20(14-39-28(36)19(23)13-18-9-7-6-8-10-18)32-25(33)22-24(42-27(35)16(3)30)21(38-5)11-12-31-22/h6-12,15-17,19-20,23H,13-14H2,1-5H3,(H,32,33)/t16?,17-,19+,20?,23?/m0/s1. The number of esters is 4. The Morgan fingerprint density at radius 2 is 1.76 bits per heavy atom. The van der Waals surface area contributed by atoms with E-state index in [2.05, 4.69) is 26.2 Å². The number of benzene rings is 1. The molecule has 0 bridgehead atoms. The van der Waals surface area contributed by atoms with Crippen LogP contribution in [-0.2, 0) is 39.8 Å². The average Bonchev–Trinajstić information content (AvgIpc) is 2.99. The lowest BCUT2D eigenvalue weighted by atomic mass is 9.91. The molecule has 0 spiro atoms. The molecule has 1 aromatic carbocycles. The average molecular weight is 649 g/mol. The molecule has 1 aliphatic heterocycles. The molecule has 2 aromatic rings. The molecule has 3 unspecified atom stereocenters. The van der Waals surface area contributed by atoms with Gasteiger partial charge in [-0.05, 0) is 25.8 Å². The predicted octanol–water partition coefficient (Wildman–Crippen LogP) is 2.79. The number of nitrogens with one attached hydrogen (secondary N) is 1. The van der Waals surface area contributed by atoms with Crippen molar-refractivity contribution >= 4 is 45.7 Å². The molecule has 0 saturated carbocycles. The van der Waals surface area contributed by atoms with E-state index in [0.717, 1.165) is 5.56 Å². The van der Waals surface area contributed by atoms with E-state index in [-0.39, 0.29) is 23.6 Å². The summed E-state index contributed by atoms with van der Waals surface area (Å²) < 4.78 is 27.3. The molecule has 5 atom stereocenters. The van der Waals surface area contributed by atoms with Gasteiger partial charge in [0.05, 0.1) is 13.0 Å². The lowest BCUT2D eigenvalue weighted by molar-refractivity contribution is -0.176. The number of cyclic esters (lactones) is 2. The van der Waals surface area contributed by atoms with Crippen LogP contribution in [0.15, 0.2) is 42.6 Å². The number of halogens is 1. The maximum atomic E-state index is 13.4. The first kappa shape index (κ1) is 32.5. The number of aromatic nitrogens is 1. The third-order valence-corrected chi connectivity index (χ3v) is 6.67. The van der Waals surface area contributed by atoms with Crippen molar-refractivity contribution in [3.63, 3.8) is 0 Å². The van der Waals surface area contributed by atoms with Crippen LogP contribution >= 0.6 is 15.9 Å². The van der Waals surface area contributed by atoms with Crippen LogP contribution in [0, 0.1) is 11.8 Å². The Hall–Kier alpha value is -4.00. The summed E-state index contributed by atoms with van der Waals surface area (Å²) in [7, 11) is 1.32. The Balaban J connectivity index is 1.90. The van der Waals surface area contributed by atoms with E-state index < -0.39 is 71.3 Å². The highest BCUT2D eigenvalue weighted by Gasteiger charge is 2.42. The van der Waals surface area contributed by atoms with Crippen molar-refractivity contribution in [3.8, 4) is 11.5 Å². The van der Waals surface area contributed by atoms with Gasteiger partial charge in [-0.3, -0.25) is 19.2 Å². The summed E-state index contributed by atoms with van der Waals surface area (Å²) in [5.41, 5.74) is 0.422. The van der Waals surface area contributed by atoms with Gasteiger partial charge in [-0.15, -0.1) is 0 Å². The number of nitrogens with zero attached hydrogens (tertiary/aromatic N) is 1. The van der Waals surface area contributed by atoms with Gasteiger partial charge in [0.1, 0.15) is 23.5 Å². The Morgan fingerprint density at radius 3 is 2.38 bits per heavy atom. The van der Waals surface area contributed by atoms with Gasteiger partial charge in [0.2, 0.25) is 5.75 Å². The van der Waals surface area contributed by atoms with Gasteiger partial charge in [-0.1, -0.05) is 60.1 Å². The van der Waals surface area contributed by atoms with Crippen LogP contribution in [0.4, 0.5) is 0 Å². The van der Waals surface area contributed by atoms with Crippen LogP contribution in [0.1, 0.15) is 43.7 Å². The summed E-state index contributed by atoms with van der Waals surface area (Å²) in [4.78, 5) is 68.0. The molecular formula is C29H33BrN2O10. The number of hydrogen-bond donors (Lipinski definition) is 1. The highest BCUT2D eigenvalue weighted by molar-refractivity contribution is 9.10. The Bertz CT molecular complexity index is 1300. The minimum absolute atomic E-state index is 0.0484. The largest absolute Gasteiger partial charge is 0.493 e. The number of alkyl halides is 1. The van der Waals surface area contributed by atoms with E-state index in [1.54, 1.807) is 26.0 Å². The number of hydrogen-bond acceptors (Lipinski definition) is 11. The first-order valence-corrected chi connectivity index (χ1v) is 14.2. The number of methoxy groups -OCH3 is 1. The smallest absolute Gasteiger partial charge is 0.332 e. The first-order valence-electron chi connectivity index (χ1n) is 13.2. The van der Waals surface area contributed by atoms with Gasteiger partial charge in [-0.25, -0.2) is 9.78 Å². The van der Waals surface area contributed by atoms with E-state index in [4.69, 9.17) is 23.7 Å². The number of pyridine rings is 1. The highest BCUT2D eigenvalue weighted by Crippen LogP contribution is 2.31. The summed E-state index contributed by atoms with van der Waals surface area (Å²) in [6, 6.07) is 8.97. The van der Waals surface area contributed by atoms with E-state index >= 15 is 0 Å². The lowest BCUT2D eigenvalue weighted by Crippen LogP contribution is -2.47. The minimum Gasteiger partial charge on any atom is -0.493 e. The van der Waals surface area contributed by atoms with Gasteiger partial charge in [-0.2, -0.15) is 0 Å². The molecule has 3 rings (SSSR count). The van der Waals surface area contributed by atoms with Crippen LogP contribution in [0.25, 0.3) is 0 Å². The zero-order valence-electron chi connectivity index (χ0n) is 23.8. The number of carbonyl (C=O) groups excluding carboxylic acids is 5. The van der Waals surface area contributed by atoms with Crippen molar-refractivity contribution in [1.29, 1.82) is 0 Å². The number of rotatable bonds is 9. The molecule has 1 fully saturated rings. The van der Waals surface area contributed by atoms with Crippen molar-refractivity contribution < 1.29 is 47.7 Å². The van der Waals surface area contributed by atoms with Crippen LogP contribution in [0.3, 0.4) is 0 Å². The molecule has 0 aliphatic carbocycles. The summed E-state index contributed by atoms with van der Waals surface area (Å²) in [6.45, 7) is 5.73. The van der Waals surface area contributed by atoms with Gasteiger partial charge >= 0.3 is 23.9 Å². The van der Waals surface area contributed by atoms with Crippen molar-refractivity contribution in [1.82, 2.24) is 10.3 Å². The van der Waals surface area contributed by atoms with Crippen molar-refractivity contribution in [2.45, 2.75) is 57.2 Å². The minimum atomic E-state index is -1.47. The highest BCUT2D eigenvalue weighted by atomic mass is 79.9. The Kier molecular flexibility index (Phi) is 11.4. The molecule has 12 nitrogen and oxygen atoms in total. The first-order chi connectivity index (χ1) is 19.9. The molecule has 42 heavy (non-hydrogen) atoms.